The summed E-state index contributed by atoms with van der Waals surface area (Å²) in [5, 5.41) is 2.70. The average molecular weight is 384 g/mol. The van der Waals surface area contributed by atoms with Crippen LogP contribution < -0.4 is 5.32 Å². The molecule has 1 aromatic rings. The maximum atomic E-state index is 12.3. The number of nitrogens with one attached hydrogen (secondary N) is 1. The Morgan fingerprint density at radius 3 is 2.36 bits per heavy atom. The van der Waals surface area contributed by atoms with Gasteiger partial charge < -0.3 is 10.1 Å². The molecule has 1 fully saturated rings. The smallest absolute Gasteiger partial charge is 0.308 e. The number of esters is 1. The predicted molar refractivity (Wildman–Crippen MR) is 102 cm³/mol. The lowest BCUT2D eigenvalue weighted by atomic mass is 9.85. The molecule has 1 saturated heterocycles. The lowest BCUT2D eigenvalue weighted by Crippen LogP contribution is -2.33. The van der Waals surface area contributed by atoms with Crippen molar-refractivity contribution >= 4 is 29.4 Å². The van der Waals surface area contributed by atoms with E-state index in [2.05, 4.69) is 5.32 Å². The summed E-state index contributed by atoms with van der Waals surface area (Å²) in [5.74, 6) is -2.12. The maximum absolute atomic E-state index is 12.3. The monoisotopic (exact) mass is 384 g/mol. The van der Waals surface area contributed by atoms with E-state index in [4.69, 9.17) is 4.74 Å². The van der Waals surface area contributed by atoms with Gasteiger partial charge in [-0.1, -0.05) is 29.8 Å². The number of nitrogens with zero attached hydrogens (tertiary/aromatic N) is 1. The number of amides is 3. The first-order valence-electron chi connectivity index (χ1n) is 9.39. The average Bonchev–Trinajstić information content (AvgIpc) is 2.91. The maximum Gasteiger partial charge on any atom is 0.308 e. The lowest BCUT2D eigenvalue weighted by Gasteiger charge is -2.14. The molecular weight excluding hydrogens is 360 g/mol. The Morgan fingerprint density at radius 1 is 1.11 bits per heavy atom. The van der Waals surface area contributed by atoms with Crippen molar-refractivity contribution in [2.75, 3.05) is 18.5 Å². The molecule has 0 spiro atoms. The van der Waals surface area contributed by atoms with E-state index in [1.165, 1.54) is 0 Å². The van der Waals surface area contributed by atoms with Gasteiger partial charge in [-0.2, -0.15) is 0 Å². The zero-order chi connectivity index (χ0) is 20.3. The highest BCUT2D eigenvalue weighted by Gasteiger charge is 2.46. The Morgan fingerprint density at radius 2 is 1.75 bits per heavy atom. The first kappa shape index (κ1) is 19.8. The fourth-order valence-electron chi connectivity index (χ4n) is 3.65. The number of carbonyl (C=O) groups excluding carboxylic acids is 4. The molecule has 1 N–H and O–H groups in total. The third-order valence-electron chi connectivity index (χ3n) is 5.16. The molecule has 3 rings (SSSR count). The van der Waals surface area contributed by atoms with E-state index in [1.54, 1.807) is 6.07 Å². The highest BCUT2D eigenvalue weighted by molar-refractivity contribution is 6.05. The van der Waals surface area contributed by atoms with Crippen LogP contribution in [0.15, 0.2) is 30.4 Å². The molecule has 28 heavy (non-hydrogen) atoms. The van der Waals surface area contributed by atoms with Gasteiger partial charge in [-0.3, -0.25) is 24.1 Å². The number of likely N-dealkylation sites (tertiary alicyclic amines) is 1. The summed E-state index contributed by atoms with van der Waals surface area (Å²) in [5.41, 5.74) is 2.67. The minimum atomic E-state index is -0.621. The van der Waals surface area contributed by atoms with Crippen LogP contribution >= 0.6 is 0 Å². The first-order valence-corrected chi connectivity index (χ1v) is 9.39. The van der Waals surface area contributed by atoms with Crippen molar-refractivity contribution in [1.29, 1.82) is 0 Å². The summed E-state index contributed by atoms with van der Waals surface area (Å²) in [6, 6.07) is 5.62. The van der Waals surface area contributed by atoms with Crippen molar-refractivity contribution in [3.05, 3.63) is 41.5 Å². The number of allylic oxidation sites excluding steroid dienone is 2. The molecule has 0 unspecified atom stereocenters. The molecule has 1 heterocycles. The van der Waals surface area contributed by atoms with Crippen LogP contribution in [0.1, 0.15) is 30.4 Å². The summed E-state index contributed by atoms with van der Waals surface area (Å²) in [6.45, 7) is 3.42. The molecule has 0 saturated carbocycles. The SMILES string of the molecule is Cc1ccc(NC(=O)COC(=O)CCN2C(=O)[C@H]3CC=CC[C@@H]3C2=O)c(C)c1. The number of benzene rings is 1. The molecule has 148 valence electrons. The van der Waals surface area contributed by atoms with Crippen LogP contribution in [-0.4, -0.2) is 41.7 Å². The molecule has 0 bridgehead atoms. The Labute approximate surface area is 163 Å². The zero-order valence-corrected chi connectivity index (χ0v) is 16.1. The number of imide groups is 1. The molecule has 2 aliphatic rings. The van der Waals surface area contributed by atoms with Gasteiger partial charge in [-0.05, 0) is 38.3 Å². The molecular formula is C21H24N2O5. The van der Waals surface area contributed by atoms with Crippen molar-refractivity contribution < 1.29 is 23.9 Å². The minimum Gasteiger partial charge on any atom is -0.456 e. The second-order valence-corrected chi connectivity index (χ2v) is 7.26. The van der Waals surface area contributed by atoms with Crippen molar-refractivity contribution in [1.82, 2.24) is 4.90 Å². The molecule has 2 atom stereocenters. The van der Waals surface area contributed by atoms with Crippen molar-refractivity contribution in [3.8, 4) is 0 Å². The number of ether oxygens (including phenoxy) is 1. The zero-order valence-electron chi connectivity index (χ0n) is 16.1. The van der Waals surface area contributed by atoms with E-state index in [0.29, 0.717) is 18.5 Å². The van der Waals surface area contributed by atoms with Gasteiger partial charge >= 0.3 is 5.97 Å². The quantitative estimate of drug-likeness (QED) is 0.461. The lowest BCUT2D eigenvalue weighted by molar-refractivity contribution is -0.148. The normalized spacial score (nSPS) is 20.9. The number of carbonyl (C=O) groups is 4. The van der Waals surface area contributed by atoms with Crippen LogP contribution in [-0.2, 0) is 23.9 Å². The summed E-state index contributed by atoms with van der Waals surface area (Å²) in [6.07, 6.45) is 4.84. The molecule has 1 aliphatic carbocycles. The third kappa shape index (κ3) is 4.30. The van der Waals surface area contributed by atoms with E-state index in [9.17, 15) is 19.2 Å². The van der Waals surface area contributed by atoms with E-state index in [0.717, 1.165) is 16.0 Å². The Kier molecular flexibility index (Phi) is 5.92. The molecule has 1 aliphatic heterocycles. The molecule has 0 aromatic heterocycles. The Bertz CT molecular complexity index is 819. The van der Waals surface area contributed by atoms with E-state index >= 15 is 0 Å². The van der Waals surface area contributed by atoms with Gasteiger partial charge in [-0.15, -0.1) is 0 Å². The number of hydrogen-bond acceptors (Lipinski definition) is 5. The van der Waals surface area contributed by atoms with E-state index in [1.807, 2.05) is 38.1 Å². The standard InChI is InChI=1S/C21H24N2O5/c1-13-7-8-17(14(2)11-13)22-18(24)12-28-19(25)9-10-23-20(26)15-5-3-4-6-16(15)21(23)27/h3-4,7-8,11,15-16H,5-6,9-10,12H2,1-2H3,(H,22,24)/t15-,16-/m0/s1. The fraction of sp³-hybridized carbons (Fsp3) is 0.429. The van der Waals surface area contributed by atoms with Crippen LogP contribution in [0.3, 0.4) is 0 Å². The molecule has 1 aromatic carbocycles. The van der Waals surface area contributed by atoms with Crippen LogP contribution in [0.5, 0.6) is 0 Å². The van der Waals surface area contributed by atoms with Crippen LogP contribution in [0, 0.1) is 25.7 Å². The van der Waals surface area contributed by atoms with Crippen molar-refractivity contribution in [3.63, 3.8) is 0 Å². The van der Waals surface area contributed by atoms with Crippen LogP contribution in [0.4, 0.5) is 5.69 Å². The second-order valence-electron chi connectivity index (χ2n) is 7.26. The molecule has 7 nitrogen and oxygen atoms in total. The fourth-order valence-corrected chi connectivity index (χ4v) is 3.65. The summed E-state index contributed by atoms with van der Waals surface area (Å²) >= 11 is 0. The summed E-state index contributed by atoms with van der Waals surface area (Å²) in [7, 11) is 0. The number of hydrogen-bond donors (Lipinski definition) is 1. The van der Waals surface area contributed by atoms with Crippen LogP contribution in [0.2, 0.25) is 0 Å². The number of aryl methyl sites for hydroxylation is 2. The summed E-state index contributed by atoms with van der Waals surface area (Å²) in [4.78, 5) is 49.7. The van der Waals surface area contributed by atoms with Gasteiger partial charge in [0, 0.05) is 12.2 Å². The molecule has 7 heteroatoms. The number of rotatable bonds is 6. The highest BCUT2D eigenvalue weighted by atomic mass is 16.5. The molecule has 3 amide bonds. The van der Waals surface area contributed by atoms with Gasteiger partial charge in [0.05, 0.1) is 18.3 Å². The number of anilines is 1. The minimum absolute atomic E-state index is 0.0117. The highest BCUT2D eigenvalue weighted by Crippen LogP contribution is 2.35. The van der Waals surface area contributed by atoms with Crippen molar-refractivity contribution in [2.45, 2.75) is 33.1 Å². The summed E-state index contributed by atoms with van der Waals surface area (Å²) < 4.78 is 4.98. The van der Waals surface area contributed by atoms with Gasteiger partial charge in [0.1, 0.15) is 0 Å². The Balaban J connectivity index is 1.44. The third-order valence-corrected chi connectivity index (χ3v) is 5.16. The van der Waals surface area contributed by atoms with E-state index in [-0.39, 0.29) is 36.6 Å². The van der Waals surface area contributed by atoms with Crippen molar-refractivity contribution in [2.24, 2.45) is 11.8 Å². The van der Waals surface area contributed by atoms with Gasteiger partial charge in [0.25, 0.3) is 5.91 Å². The van der Waals surface area contributed by atoms with Gasteiger partial charge in [0.2, 0.25) is 11.8 Å². The first-order chi connectivity index (χ1) is 13.4. The topological polar surface area (TPSA) is 92.8 Å². The van der Waals surface area contributed by atoms with Crippen LogP contribution in [0.25, 0.3) is 0 Å². The largest absolute Gasteiger partial charge is 0.456 e. The predicted octanol–water partition coefficient (Wildman–Crippen LogP) is 2.13. The second kappa shape index (κ2) is 8.37. The van der Waals surface area contributed by atoms with Gasteiger partial charge in [-0.25, -0.2) is 0 Å². The van der Waals surface area contributed by atoms with Gasteiger partial charge in [0.15, 0.2) is 6.61 Å². The van der Waals surface area contributed by atoms with E-state index < -0.39 is 18.5 Å². The Hall–Kier alpha value is -2.96. The molecule has 0 radical (unpaired) electrons. The number of fused-ring (bicyclic) bond motifs is 1.